The molecule has 0 radical (unpaired) electrons. The first-order chi connectivity index (χ1) is 10.3. The van der Waals surface area contributed by atoms with Crippen LogP contribution in [0.2, 0.25) is 0 Å². The van der Waals surface area contributed by atoms with E-state index in [2.05, 4.69) is 15.5 Å². The molecule has 1 aliphatic rings. The van der Waals surface area contributed by atoms with Crippen molar-refractivity contribution in [2.24, 2.45) is 0 Å². The van der Waals surface area contributed by atoms with Gasteiger partial charge in [-0.2, -0.15) is 0 Å². The highest BCUT2D eigenvalue weighted by Gasteiger charge is 2.22. The number of nitrogens with two attached hydrogens (primary N) is 1. The summed E-state index contributed by atoms with van der Waals surface area (Å²) in [6.45, 7) is 2.54. The third-order valence-corrected chi connectivity index (χ3v) is 4.69. The molecule has 1 aromatic heterocycles. The van der Waals surface area contributed by atoms with Gasteiger partial charge in [-0.05, 0) is 54.1 Å². The third-order valence-electron chi connectivity index (χ3n) is 3.66. The molecule has 0 bridgehead atoms. The van der Waals surface area contributed by atoms with E-state index in [0.717, 1.165) is 22.9 Å². The summed E-state index contributed by atoms with van der Waals surface area (Å²) in [5.41, 5.74) is 6.81. The number of anilines is 1. The van der Waals surface area contributed by atoms with E-state index in [-0.39, 0.29) is 0 Å². The van der Waals surface area contributed by atoms with Gasteiger partial charge in [0.15, 0.2) is 0 Å². The molecule has 2 N–H and O–H groups in total. The van der Waals surface area contributed by atoms with Crippen molar-refractivity contribution in [2.75, 3.05) is 12.3 Å². The summed E-state index contributed by atoms with van der Waals surface area (Å²) < 4.78 is 7.46. The van der Waals surface area contributed by atoms with E-state index in [4.69, 9.17) is 10.5 Å². The van der Waals surface area contributed by atoms with E-state index in [9.17, 15) is 0 Å². The highest BCUT2D eigenvalue weighted by molar-refractivity contribution is 7.99. The third kappa shape index (κ3) is 2.97. The summed E-state index contributed by atoms with van der Waals surface area (Å²) in [7, 11) is 0. The Hall–Kier alpha value is -1.76. The first-order valence-electron chi connectivity index (χ1n) is 7.26. The summed E-state index contributed by atoms with van der Waals surface area (Å²) in [6.07, 6.45) is 4.79. The number of rotatable bonds is 5. The van der Waals surface area contributed by atoms with Crippen molar-refractivity contribution < 1.29 is 4.74 Å². The quantitative estimate of drug-likeness (QED) is 0.856. The second-order valence-electron chi connectivity index (χ2n) is 5.05. The molecule has 112 valence electrons. The lowest BCUT2D eigenvalue weighted by atomic mass is 10.3. The number of benzene rings is 1. The van der Waals surface area contributed by atoms with E-state index in [1.165, 1.54) is 24.6 Å². The van der Waals surface area contributed by atoms with Gasteiger partial charge in [0, 0.05) is 4.90 Å². The highest BCUT2D eigenvalue weighted by Crippen LogP contribution is 2.38. The van der Waals surface area contributed by atoms with Crippen LogP contribution in [0.1, 0.15) is 38.6 Å². The Morgan fingerprint density at radius 1 is 1.38 bits per heavy atom. The molecule has 0 aliphatic heterocycles. The summed E-state index contributed by atoms with van der Waals surface area (Å²) in [4.78, 5) is 0.926. The van der Waals surface area contributed by atoms with Crippen LogP contribution in [0.4, 0.5) is 5.69 Å². The molecule has 0 saturated heterocycles. The zero-order valence-electron chi connectivity index (χ0n) is 12.0. The molecular formula is C14H19N5OS. The number of hydrogen-bond acceptors (Lipinski definition) is 6. The average molecular weight is 305 g/mol. The standard InChI is InChI=1S/C14H19N5OS/c1-2-20-11-8-5-9-12(13(11)15)21-14-16-17-18-19(14)10-6-3-4-7-10/h5,8-10H,2-4,6-7,15H2,1H3. The maximum Gasteiger partial charge on any atom is 0.214 e. The SMILES string of the molecule is CCOc1cccc(Sc2nnnn2C2CCCC2)c1N. The number of nitrogens with zero attached hydrogens (tertiary/aromatic N) is 4. The van der Waals surface area contributed by atoms with Crippen LogP contribution in [0.15, 0.2) is 28.3 Å². The topological polar surface area (TPSA) is 78.9 Å². The Kier molecular flexibility index (Phi) is 4.28. The zero-order chi connectivity index (χ0) is 14.7. The maximum absolute atomic E-state index is 6.17. The van der Waals surface area contributed by atoms with Gasteiger partial charge in [-0.25, -0.2) is 4.68 Å². The van der Waals surface area contributed by atoms with Crippen LogP contribution in [0.3, 0.4) is 0 Å². The van der Waals surface area contributed by atoms with Crippen molar-refractivity contribution in [3.63, 3.8) is 0 Å². The van der Waals surface area contributed by atoms with E-state index in [1.807, 2.05) is 29.8 Å². The average Bonchev–Trinajstić information content (AvgIpc) is 3.14. The lowest BCUT2D eigenvalue weighted by molar-refractivity contribution is 0.341. The van der Waals surface area contributed by atoms with Crippen molar-refractivity contribution >= 4 is 17.4 Å². The summed E-state index contributed by atoms with van der Waals surface area (Å²) in [5.74, 6) is 0.711. The van der Waals surface area contributed by atoms with Gasteiger partial charge in [0.05, 0.1) is 18.3 Å². The first kappa shape index (κ1) is 14.2. The van der Waals surface area contributed by atoms with Crippen LogP contribution < -0.4 is 10.5 Å². The molecule has 0 amide bonds. The fraction of sp³-hybridized carbons (Fsp3) is 0.500. The molecule has 3 rings (SSSR count). The minimum Gasteiger partial charge on any atom is -0.492 e. The van der Waals surface area contributed by atoms with E-state index < -0.39 is 0 Å². The number of ether oxygens (including phenoxy) is 1. The molecule has 0 unspecified atom stereocenters. The molecule has 6 nitrogen and oxygen atoms in total. The molecule has 1 aromatic carbocycles. The summed E-state index contributed by atoms with van der Waals surface area (Å²) in [6, 6.07) is 6.20. The Bertz CT molecular complexity index is 609. The second kappa shape index (κ2) is 6.34. The molecule has 0 atom stereocenters. The van der Waals surface area contributed by atoms with Crippen molar-refractivity contribution in [1.82, 2.24) is 20.2 Å². The minimum atomic E-state index is 0.416. The number of tetrazole rings is 1. The Morgan fingerprint density at radius 3 is 2.95 bits per heavy atom. The zero-order valence-corrected chi connectivity index (χ0v) is 12.8. The highest BCUT2D eigenvalue weighted by atomic mass is 32.2. The fourth-order valence-corrected chi connectivity index (χ4v) is 3.53. The normalized spacial score (nSPS) is 15.5. The maximum atomic E-state index is 6.17. The molecule has 1 heterocycles. The van der Waals surface area contributed by atoms with Crippen LogP contribution in [-0.4, -0.2) is 26.8 Å². The lowest BCUT2D eigenvalue weighted by Crippen LogP contribution is -2.08. The fourth-order valence-electron chi connectivity index (χ4n) is 2.62. The van der Waals surface area contributed by atoms with Crippen LogP contribution >= 0.6 is 11.8 Å². The number of aromatic nitrogens is 4. The molecule has 7 heteroatoms. The van der Waals surface area contributed by atoms with Crippen LogP contribution in [0, 0.1) is 0 Å². The predicted molar refractivity (Wildman–Crippen MR) is 81.5 cm³/mol. The smallest absolute Gasteiger partial charge is 0.214 e. The van der Waals surface area contributed by atoms with E-state index in [1.54, 1.807) is 0 Å². The largest absolute Gasteiger partial charge is 0.492 e. The molecule has 21 heavy (non-hydrogen) atoms. The Morgan fingerprint density at radius 2 is 2.19 bits per heavy atom. The van der Waals surface area contributed by atoms with Gasteiger partial charge in [0.25, 0.3) is 0 Å². The van der Waals surface area contributed by atoms with E-state index >= 15 is 0 Å². The Labute approximate surface area is 128 Å². The van der Waals surface area contributed by atoms with Gasteiger partial charge in [-0.3, -0.25) is 0 Å². The Balaban J connectivity index is 1.84. The first-order valence-corrected chi connectivity index (χ1v) is 8.08. The lowest BCUT2D eigenvalue weighted by Gasteiger charge is -2.13. The van der Waals surface area contributed by atoms with Crippen LogP contribution in [-0.2, 0) is 0 Å². The van der Waals surface area contributed by atoms with Crippen molar-refractivity contribution in [3.8, 4) is 5.75 Å². The van der Waals surface area contributed by atoms with Crippen LogP contribution in [0.25, 0.3) is 0 Å². The molecule has 1 fully saturated rings. The van der Waals surface area contributed by atoms with E-state index in [0.29, 0.717) is 24.1 Å². The molecular weight excluding hydrogens is 286 g/mol. The van der Waals surface area contributed by atoms with Crippen molar-refractivity contribution in [1.29, 1.82) is 0 Å². The molecule has 1 saturated carbocycles. The summed E-state index contributed by atoms with van der Waals surface area (Å²) in [5, 5.41) is 12.9. The number of nitrogen functional groups attached to an aromatic ring is 1. The monoisotopic (exact) mass is 305 g/mol. The van der Waals surface area contributed by atoms with Gasteiger partial charge in [0.2, 0.25) is 5.16 Å². The minimum absolute atomic E-state index is 0.416. The molecule has 0 spiro atoms. The molecule has 2 aromatic rings. The van der Waals surface area contributed by atoms with Crippen molar-refractivity contribution in [2.45, 2.75) is 48.7 Å². The van der Waals surface area contributed by atoms with Gasteiger partial charge < -0.3 is 10.5 Å². The predicted octanol–water partition coefficient (Wildman–Crippen LogP) is 2.92. The van der Waals surface area contributed by atoms with Gasteiger partial charge in [0.1, 0.15) is 5.75 Å². The second-order valence-corrected chi connectivity index (χ2v) is 6.06. The number of hydrogen-bond donors (Lipinski definition) is 1. The van der Waals surface area contributed by atoms with Crippen molar-refractivity contribution in [3.05, 3.63) is 18.2 Å². The number of para-hydroxylation sites is 1. The van der Waals surface area contributed by atoms with Gasteiger partial charge in [-0.1, -0.05) is 18.9 Å². The molecule has 1 aliphatic carbocycles. The van der Waals surface area contributed by atoms with Gasteiger partial charge >= 0.3 is 0 Å². The summed E-state index contributed by atoms with van der Waals surface area (Å²) >= 11 is 1.50. The van der Waals surface area contributed by atoms with Gasteiger partial charge in [-0.15, -0.1) is 5.10 Å². The van der Waals surface area contributed by atoms with Crippen LogP contribution in [0.5, 0.6) is 5.75 Å².